The fourth-order valence-electron chi connectivity index (χ4n) is 2.92. The van der Waals surface area contributed by atoms with Crippen molar-refractivity contribution in [3.63, 3.8) is 0 Å². The van der Waals surface area contributed by atoms with Gasteiger partial charge in [0.05, 0.1) is 13.7 Å². The second kappa shape index (κ2) is 11.6. The summed E-state index contributed by atoms with van der Waals surface area (Å²) in [6.07, 6.45) is 3.15. The Bertz CT molecular complexity index is 1100. The van der Waals surface area contributed by atoms with Gasteiger partial charge in [0.15, 0.2) is 16.7 Å². The number of benzene rings is 2. The van der Waals surface area contributed by atoms with Crippen LogP contribution in [-0.2, 0) is 17.1 Å². The van der Waals surface area contributed by atoms with Crippen LogP contribution in [0, 0.1) is 0 Å². The molecule has 0 spiro atoms. The summed E-state index contributed by atoms with van der Waals surface area (Å²) < 4.78 is 12.7. The maximum Gasteiger partial charge on any atom is 0.250 e. The summed E-state index contributed by atoms with van der Waals surface area (Å²) >= 11 is 7.75. The number of rotatable bonds is 10. The van der Waals surface area contributed by atoms with Gasteiger partial charge in [-0.15, -0.1) is 10.2 Å². The SMILES string of the molecule is CCOc1ccc(/C=C/C(=O)Nc2nnc(SCc3ccccc3Cl)n2CC)cc1OC. The van der Waals surface area contributed by atoms with Gasteiger partial charge in [0.2, 0.25) is 5.95 Å². The van der Waals surface area contributed by atoms with Gasteiger partial charge in [0.1, 0.15) is 0 Å². The van der Waals surface area contributed by atoms with Crippen LogP contribution in [0.3, 0.4) is 0 Å². The van der Waals surface area contributed by atoms with E-state index in [0.717, 1.165) is 11.1 Å². The summed E-state index contributed by atoms with van der Waals surface area (Å²) in [5.41, 5.74) is 1.83. The van der Waals surface area contributed by atoms with Crippen LogP contribution in [-0.4, -0.2) is 34.4 Å². The zero-order valence-electron chi connectivity index (χ0n) is 18.2. The Balaban J connectivity index is 1.65. The van der Waals surface area contributed by atoms with E-state index in [1.54, 1.807) is 13.2 Å². The lowest BCUT2D eigenvalue weighted by Crippen LogP contribution is -2.13. The van der Waals surface area contributed by atoms with E-state index in [0.29, 0.717) is 46.5 Å². The molecule has 0 aliphatic rings. The van der Waals surface area contributed by atoms with Gasteiger partial charge >= 0.3 is 0 Å². The molecule has 0 saturated heterocycles. The van der Waals surface area contributed by atoms with Crippen LogP contribution in [0.1, 0.15) is 25.0 Å². The van der Waals surface area contributed by atoms with Gasteiger partial charge in [-0.3, -0.25) is 14.7 Å². The van der Waals surface area contributed by atoms with Gasteiger partial charge in [-0.1, -0.05) is 47.6 Å². The number of amides is 1. The molecule has 1 amide bonds. The lowest BCUT2D eigenvalue weighted by Gasteiger charge is -2.09. The number of carbonyl (C=O) groups excluding carboxylic acids is 1. The minimum absolute atomic E-state index is 0.303. The molecule has 32 heavy (non-hydrogen) atoms. The molecule has 0 fully saturated rings. The molecule has 1 heterocycles. The molecule has 168 valence electrons. The predicted molar refractivity (Wildman–Crippen MR) is 129 cm³/mol. The molecular formula is C23H25ClN4O3S. The topological polar surface area (TPSA) is 78.3 Å². The van der Waals surface area contributed by atoms with Crippen LogP contribution in [0.5, 0.6) is 11.5 Å². The van der Waals surface area contributed by atoms with Crippen molar-refractivity contribution in [3.8, 4) is 11.5 Å². The molecular weight excluding hydrogens is 448 g/mol. The molecule has 0 atom stereocenters. The number of anilines is 1. The number of hydrogen-bond acceptors (Lipinski definition) is 6. The number of methoxy groups -OCH3 is 1. The van der Waals surface area contributed by atoms with Gasteiger partial charge < -0.3 is 9.47 Å². The highest BCUT2D eigenvalue weighted by molar-refractivity contribution is 7.98. The van der Waals surface area contributed by atoms with Gasteiger partial charge in [0.25, 0.3) is 5.91 Å². The normalized spacial score (nSPS) is 11.0. The highest BCUT2D eigenvalue weighted by Crippen LogP contribution is 2.29. The molecule has 0 aliphatic carbocycles. The van der Waals surface area contributed by atoms with Crippen molar-refractivity contribution in [2.24, 2.45) is 0 Å². The molecule has 0 saturated carbocycles. The minimum Gasteiger partial charge on any atom is -0.493 e. The van der Waals surface area contributed by atoms with Crippen LogP contribution in [0.2, 0.25) is 5.02 Å². The Hall–Kier alpha value is -2.97. The lowest BCUT2D eigenvalue weighted by molar-refractivity contribution is -0.111. The third kappa shape index (κ3) is 6.05. The zero-order valence-corrected chi connectivity index (χ0v) is 19.7. The van der Waals surface area contributed by atoms with Gasteiger partial charge in [0, 0.05) is 23.4 Å². The molecule has 0 radical (unpaired) electrons. The Labute approximate surface area is 196 Å². The second-order valence-corrected chi connectivity index (χ2v) is 7.95. The number of aromatic nitrogens is 3. The standard InChI is InChI=1S/C23H25ClN4O3S/c1-4-28-22(26-27-23(28)32-15-17-8-6-7-9-18(17)24)25-21(29)13-11-16-10-12-19(31-5-2)20(14-16)30-3/h6-14H,4-5,15H2,1-3H3,(H,25,26,29)/b13-11+. The smallest absolute Gasteiger partial charge is 0.250 e. The Morgan fingerprint density at radius 2 is 2.00 bits per heavy atom. The maximum absolute atomic E-state index is 12.5. The first kappa shape index (κ1) is 23.7. The summed E-state index contributed by atoms with van der Waals surface area (Å²) in [5.74, 6) is 2.02. The Morgan fingerprint density at radius 1 is 1.19 bits per heavy atom. The fraction of sp³-hybridized carbons (Fsp3) is 0.261. The summed E-state index contributed by atoms with van der Waals surface area (Å²) in [6, 6.07) is 13.2. The zero-order chi connectivity index (χ0) is 22.9. The van der Waals surface area contributed by atoms with E-state index >= 15 is 0 Å². The molecule has 0 aliphatic heterocycles. The number of thioether (sulfide) groups is 1. The molecule has 0 unspecified atom stereocenters. The largest absolute Gasteiger partial charge is 0.493 e. The fourth-order valence-corrected chi connectivity index (χ4v) is 4.21. The molecule has 2 aromatic carbocycles. The number of nitrogens with one attached hydrogen (secondary N) is 1. The molecule has 7 nitrogen and oxygen atoms in total. The first-order valence-corrected chi connectivity index (χ1v) is 11.5. The lowest BCUT2D eigenvalue weighted by atomic mass is 10.2. The van der Waals surface area contributed by atoms with Gasteiger partial charge in [-0.25, -0.2) is 0 Å². The molecule has 9 heteroatoms. The molecule has 3 rings (SSSR count). The third-order valence-corrected chi connectivity index (χ3v) is 5.88. The van der Waals surface area contributed by atoms with Crippen LogP contribution >= 0.6 is 23.4 Å². The maximum atomic E-state index is 12.5. The van der Waals surface area contributed by atoms with Crippen molar-refractivity contribution in [1.29, 1.82) is 0 Å². The van der Waals surface area contributed by atoms with Crippen molar-refractivity contribution in [2.75, 3.05) is 19.0 Å². The van der Waals surface area contributed by atoms with E-state index < -0.39 is 0 Å². The molecule has 1 N–H and O–H groups in total. The van der Waals surface area contributed by atoms with Crippen molar-refractivity contribution in [2.45, 2.75) is 31.3 Å². The van der Waals surface area contributed by atoms with Crippen LogP contribution < -0.4 is 14.8 Å². The quantitative estimate of drug-likeness (QED) is 0.318. The predicted octanol–water partition coefficient (Wildman–Crippen LogP) is 5.30. The number of halogens is 1. The summed E-state index contributed by atoms with van der Waals surface area (Å²) in [5, 5.41) is 12.6. The minimum atomic E-state index is -0.303. The van der Waals surface area contributed by atoms with Crippen molar-refractivity contribution >= 4 is 41.3 Å². The second-order valence-electron chi connectivity index (χ2n) is 6.60. The van der Waals surface area contributed by atoms with Crippen molar-refractivity contribution in [1.82, 2.24) is 14.8 Å². The molecule has 3 aromatic rings. The number of carbonyl (C=O) groups is 1. The molecule has 0 bridgehead atoms. The first-order valence-electron chi connectivity index (χ1n) is 10.1. The highest BCUT2D eigenvalue weighted by atomic mass is 35.5. The monoisotopic (exact) mass is 472 g/mol. The first-order chi connectivity index (χ1) is 15.5. The third-order valence-electron chi connectivity index (χ3n) is 4.50. The Kier molecular flexibility index (Phi) is 8.58. The van der Waals surface area contributed by atoms with Crippen LogP contribution in [0.15, 0.2) is 53.7 Å². The van der Waals surface area contributed by atoms with Gasteiger partial charge in [-0.05, 0) is 49.2 Å². The molecule has 1 aromatic heterocycles. The average Bonchev–Trinajstić information content (AvgIpc) is 3.19. The van der Waals surface area contributed by atoms with E-state index in [2.05, 4.69) is 15.5 Å². The summed E-state index contributed by atoms with van der Waals surface area (Å²) in [7, 11) is 1.58. The van der Waals surface area contributed by atoms with Crippen molar-refractivity contribution in [3.05, 3.63) is 64.7 Å². The van der Waals surface area contributed by atoms with E-state index in [-0.39, 0.29) is 5.91 Å². The summed E-state index contributed by atoms with van der Waals surface area (Å²) in [6.45, 7) is 5.05. The number of nitrogens with zero attached hydrogens (tertiary/aromatic N) is 3. The number of hydrogen-bond donors (Lipinski definition) is 1. The van der Waals surface area contributed by atoms with E-state index in [9.17, 15) is 4.79 Å². The van der Waals surface area contributed by atoms with Gasteiger partial charge in [-0.2, -0.15) is 0 Å². The van der Waals surface area contributed by atoms with E-state index in [1.807, 2.05) is 60.9 Å². The van der Waals surface area contributed by atoms with E-state index in [4.69, 9.17) is 21.1 Å². The number of ether oxygens (including phenoxy) is 2. The van der Waals surface area contributed by atoms with Crippen molar-refractivity contribution < 1.29 is 14.3 Å². The van der Waals surface area contributed by atoms with Crippen LogP contribution in [0.25, 0.3) is 6.08 Å². The average molecular weight is 473 g/mol. The van der Waals surface area contributed by atoms with Crippen LogP contribution in [0.4, 0.5) is 5.95 Å². The van der Waals surface area contributed by atoms with E-state index in [1.165, 1.54) is 17.8 Å². The summed E-state index contributed by atoms with van der Waals surface area (Å²) in [4.78, 5) is 12.5. The Morgan fingerprint density at radius 3 is 2.72 bits per heavy atom. The highest BCUT2D eigenvalue weighted by Gasteiger charge is 2.13.